The fourth-order valence-electron chi connectivity index (χ4n) is 3.48. The summed E-state index contributed by atoms with van der Waals surface area (Å²) < 4.78 is 13.6. The number of para-hydroxylation sites is 1. The van der Waals surface area contributed by atoms with E-state index in [1.807, 2.05) is 30.3 Å². The fraction of sp³-hybridized carbons (Fsp3) is 0.217. The molecule has 164 valence electrons. The summed E-state index contributed by atoms with van der Waals surface area (Å²) in [5.74, 6) is 1.37. The summed E-state index contributed by atoms with van der Waals surface area (Å²) in [6.45, 7) is 1.94. The molecule has 0 spiro atoms. The summed E-state index contributed by atoms with van der Waals surface area (Å²) in [7, 11) is 3.08. The number of anilines is 1. The zero-order chi connectivity index (χ0) is 22.7. The topological polar surface area (TPSA) is 100 Å². The molecule has 2 aromatic heterocycles. The summed E-state index contributed by atoms with van der Waals surface area (Å²) in [5, 5.41) is 7.55. The van der Waals surface area contributed by atoms with Gasteiger partial charge in [-0.25, -0.2) is 9.67 Å². The van der Waals surface area contributed by atoms with E-state index in [9.17, 15) is 9.59 Å². The number of benzene rings is 2. The Labute approximate surface area is 184 Å². The second-order valence-electron chi connectivity index (χ2n) is 7.11. The Morgan fingerprint density at radius 3 is 2.53 bits per heavy atom. The molecule has 1 amide bonds. The number of carbonyl (C=O) groups is 1. The quantitative estimate of drug-likeness (QED) is 0.481. The molecule has 0 fully saturated rings. The van der Waals surface area contributed by atoms with Gasteiger partial charge in [0.05, 0.1) is 26.1 Å². The Bertz CT molecular complexity index is 1330. The molecule has 32 heavy (non-hydrogen) atoms. The van der Waals surface area contributed by atoms with Crippen molar-refractivity contribution in [1.29, 1.82) is 0 Å². The van der Waals surface area contributed by atoms with Crippen LogP contribution in [0, 0.1) is 6.92 Å². The Balaban J connectivity index is 1.52. The molecule has 0 saturated heterocycles. The Morgan fingerprint density at radius 1 is 1.06 bits per heavy atom. The van der Waals surface area contributed by atoms with Gasteiger partial charge in [0, 0.05) is 24.7 Å². The largest absolute Gasteiger partial charge is 0.493 e. The lowest BCUT2D eigenvalue weighted by Crippen LogP contribution is -2.26. The Hall–Kier alpha value is -4.14. The lowest BCUT2D eigenvalue weighted by atomic mass is 10.2. The average Bonchev–Trinajstić information content (AvgIpc) is 3.23. The minimum absolute atomic E-state index is 0.106. The van der Waals surface area contributed by atoms with E-state index in [0.29, 0.717) is 34.0 Å². The third-order valence-corrected chi connectivity index (χ3v) is 5.11. The van der Waals surface area contributed by atoms with Gasteiger partial charge < -0.3 is 14.8 Å². The second kappa shape index (κ2) is 8.93. The van der Waals surface area contributed by atoms with Gasteiger partial charge in [0.1, 0.15) is 11.2 Å². The minimum atomic E-state index is -0.233. The molecule has 0 atom stereocenters. The summed E-state index contributed by atoms with van der Waals surface area (Å²) in [6.07, 6.45) is 1.62. The highest BCUT2D eigenvalue weighted by Gasteiger charge is 2.15. The van der Waals surface area contributed by atoms with Crippen molar-refractivity contribution in [1.82, 2.24) is 19.3 Å². The number of methoxy groups -OCH3 is 2. The minimum Gasteiger partial charge on any atom is -0.493 e. The highest BCUT2D eigenvalue weighted by molar-refractivity contribution is 5.91. The molecule has 9 heteroatoms. The Morgan fingerprint density at radius 2 is 1.81 bits per heavy atom. The highest BCUT2D eigenvalue weighted by atomic mass is 16.5. The number of amides is 1. The van der Waals surface area contributed by atoms with Crippen molar-refractivity contribution in [3.63, 3.8) is 0 Å². The van der Waals surface area contributed by atoms with Gasteiger partial charge in [-0.3, -0.25) is 14.2 Å². The van der Waals surface area contributed by atoms with Crippen molar-refractivity contribution in [2.45, 2.75) is 19.9 Å². The van der Waals surface area contributed by atoms with Crippen molar-refractivity contribution >= 4 is 22.6 Å². The maximum Gasteiger partial charge on any atom is 0.264 e. The number of aromatic nitrogens is 4. The first kappa shape index (κ1) is 21.1. The van der Waals surface area contributed by atoms with Gasteiger partial charge >= 0.3 is 0 Å². The van der Waals surface area contributed by atoms with Crippen LogP contribution in [-0.2, 0) is 11.3 Å². The number of nitrogens with one attached hydrogen (secondary N) is 1. The van der Waals surface area contributed by atoms with E-state index in [-0.39, 0.29) is 24.4 Å². The van der Waals surface area contributed by atoms with Crippen molar-refractivity contribution in [2.75, 3.05) is 19.5 Å². The van der Waals surface area contributed by atoms with Gasteiger partial charge in [0.2, 0.25) is 5.91 Å². The van der Waals surface area contributed by atoms with Crippen LogP contribution >= 0.6 is 0 Å². The van der Waals surface area contributed by atoms with Crippen LogP contribution in [0.3, 0.4) is 0 Å². The molecule has 0 aliphatic rings. The summed E-state index contributed by atoms with van der Waals surface area (Å²) in [5.41, 5.74) is 1.66. The number of ether oxygens (including phenoxy) is 2. The van der Waals surface area contributed by atoms with Crippen LogP contribution in [0.5, 0.6) is 11.5 Å². The molecule has 0 bridgehead atoms. The lowest BCUT2D eigenvalue weighted by molar-refractivity contribution is -0.116. The van der Waals surface area contributed by atoms with Crippen LogP contribution in [0.25, 0.3) is 16.7 Å². The maximum atomic E-state index is 13.0. The van der Waals surface area contributed by atoms with E-state index < -0.39 is 0 Å². The zero-order valence-corrected chi connectivity index (χ0v) is 18.0. The zero-order valence-electron chi connectivity index (χ0n) is 18.0. The number of nitrogens with zero attached hydrogens (tertiary/aromatic N) is 4. The molecule has 2 heterocycles. The number of carbonyl (C=O) groups excluding carboxylic acids is 1. The smallest absolute Gasteiger partial charge is 0.264 e. The molecule has 1 N–H and O–H groups in total. The van der Waals surface area contributed by atoms with Gasteiger partial charge in [0.25, 0.3) is 5.56 Å². The number of hydrogen-bond donors (Lipinski definition) is 1. The maximum absolute atomic E-state index is 13.0. The Kier molecular flexibility index (Phi) is 5.89. The first-order valence-corrected chi connectivity index (χ1v) is 10.0. The third kappa shape index (κ3) is 4.04. The predicted molar refractivity (Wildman–Crippen MR) is 121 cm³/mol. The summed E-state index contributed by atoms with van der Waals surface area (Å²) in [6, 6.07) is 14.6. The number of rotatable bonds is 7. The molecular weight excluding hydrogens is 410 g/mol. The molecule has 0 radical (unpaired) electrons. The molecule has 0 aliphatic heterocycles. The van der Waals surface area contributed by atoms with Crippen molar-refractivity contribution < 1.29 is 14.3 Å². The standard InChI is InChI=1S/C23H23N5O4/c1-15-25-22-18(14-24-28(22)17-7-5-4-6-8-17)23(30)27(15)12-11-21(29)26-16-9-10-19(31-2)20(13-16)32-3/h4-10,13-14H,11-12H2,1-3H3,(H,26,29). The summed E-state index contributed by atoms with van der Waals surface area (Å²) in [4.78, 5) is 30.1. The average molecular weight is 433 g/mol. The fourth-order valence-corrected chi connectivity index (χ4v) is 3.48. The third-order valence-electron chi connectivity index (χ3n) is 5.11. The van der Waals surface area contributed by atoms with Gasteiger partial charge in [-0.05, 0) is 31.2 Å². The first-order chi connectivity index (χ1) is 15.5. The molecule has 4 aromatic rings. The van der Waals surface area contributed by atoms with Gasteiger partial charge in [-0.1, -0.05) is 18.2 Å². The lowest BCUT2D eigenvalue weighted by Gasteiger charge is -2.12. The van der Waals surface area contributed by atoms with Crippen LogP contribution < -0.4 is 20.3 Å². The van der Waals surface area contributed by atoms with Crippen molar-refractivity contribution in [2.24, 2.45) is 0 Å². The SMILES string of the molecule is COc1ccc(NC(=O)CCn2c(C)nc3c(cnn3-c3ccccc3)c2=O)cc1OC. The summed E-state index contributed by atoms with van der Waals surface area (Å²) >= 11 is 0. The van der Waals surface area contributed by atoms with E-state index in [0.717, 1.165) is 5.69 Å². The molecule has 0 saturated carbocycles. The van der Waals surface area contributed by atoms with E-state index >= 15 is 0 Å². The van der Waals surface area contributed by atoms with Crippen LogP contribution in [0.1, 0.15) is 12.2 Å². The predicted octanol–water partition coefficient (Wildman–Crippen LogP) is 2.94. The normalized spacial score (nSPS) is 10.8. The van der Waals surface area contributed by atoms with E-state index in [2.05, 4.69) is 15.4 Å². The molecule has 9 nitrogen and oxygen atoms in total. The van der Waals surface area contributed by atoms with E-state index in [1.165, 1.54) is 17.9 Å². The second-order valence-corrected chi connectivity index (χ2v) is 7.11. The highest BCUT2D eigenvalue weighted by Crippen LogP contribution is 2.29. The molecule has 4 rings (SSSR count). The van der Waals surface area contributed by atoms with Crippen LogP contribution in [0.4, 0.5) is 5.69 Å². The van der Waals surface area contributed by atoms with Crippen LogP contribution in [0.2, 0.25) is 0 Å². The van der Waals surface area contributed by atoms with Gasteiger partial charge in [-0.15, -0.1) is 0 Å². The van der Waals surface area contributed by atoms with Crippen LogP contribution in [-0.4, -0.2) is 39.5 Å². The van der Waals surface area contributed by atoms with Crippen molar-refractivity contribution in [3.8, 4) is 17.2 Å². The number of fused-ring (bicyclic) bond motifs is 1. The number of hydrogen-bond acceptors (Lipinski definition) is 6. The number of aryl methyl sites for hydroxylation is 1. The van der Waals surface area contributed by atoms with E-state index in [1.54, 1.807) is 36.9 Å². The van der Waals surface area contributed by atoms with E-state index in [4.69, 9.17) is 9.47 Å². The van der Waals surface area contributed by atoms with Crippen LogP contribution in [0.15, 0.2) is 59.5 Å². The molecule has 0 aliphatic carbocycles. The van der Waals surface area contributed by atoms with Gasteiger partial charge in [-0.2, -0.15) is 5.10 Å². The first-order valence-electron chi connectivity index (χ1n) is 10.0. The van der Waals surface area contributed by atoms with Crippen molar-refractivity contribution in [3.05, 3.63) is 70.9 Å². The molecule has 2 aromatic carbocycles. The molecular formula is C23H23N5O4. The van der Waals surface area contributed by atoms with Gasteiger partial charge in [0.15, 0.2) is 17.1 Å². The molecule has 0 unspecified atom stereocenters. The monoisotopic (exact) mass is 433 g/mol.